The average molecular weight is 431 g/mol. The first kappa shape index (κ1) is 19.0. The Kier molecular flexibility index (Phi) is 5.15. The average Bonchev–Trinajstić information content (AvgIpc) is 3.01. The molecule has 0 saturated carbocycles. The third kappa shape index (κ3) is 3.41. The van der Waals surface area contributed by atoms with E-state index in [0.717, 1.165) is 27.3 Å². The van der Waals surface area contributed by atoms with E-state index in [4.69, 9.17) is 32.9 Å². The van der Waals surface area contributed by atoms with Crippen LogP contribution in [0.3, 0.4) is 0 Å². The SMILES string of the molecule is COc1ccccc1Cc1nc2sc(C)c(-c3ccc(Cl)c(Cl)c3)c2c(=O)[nH]1. The van der Waals surface area contributed by atoms with E-state index < -0.39 is 0 Å². The van der Waals surface area contributed by atoms with Crippen LogP contribution < -0.4 is 10.3 Å². The Morgan fingerprint density at radius 1 is 1.14 bits per heavy atom. The third-order valence-electron chi connectivity index (χ3n) is 4.55. The zero-order chi connectivity index (χ0) is 19.8. The van der Waals surface area contributed by atoms with Crippen molar-refractivity contribution in [3.8, 4) is 16.9 Å². The van der Waals surface area contributed by atoms with Gasteiger partial charge in [-0.15, -0.1) is 11.3 Å². The summed E-state index contributed by atoms with van der Waals surface area (Å²) < 4.78 is 5.40. The van der Waals surface area contributed by atoms with E-state index in [1.807, 2.05) is 37.3 Å². The van der Waals surface area contributed by atoms with Gasteiger partial charge in [0.15, 0.2) is 0 Å². The summed E-state index contributed by atoms with van der Waals surface area (Å²) in [4.78, 5) is 22.3. The van der Waals surface area contributed by atoms with Gasteiger partial charge in [0.25, 0.3) is 5.56 Å². The molecule has 0 aliphatic heterocycles. The topological polar surface area (TPSA) is 55.0 Å². The van der Waals surface area contributed by atoms with E-state index in [1.54, 1.807) is 19.2 Å². The maximum absolute atomic E-state index is 12.9. The molecule has 0 amide bonds. The van der Waals surface area contributed by atoms with Gasteiger partial charge in [0.1, 0.15) is 16.4 Å². The molecule has 28 heavy (non-hydrogen) atoms. The molecule has 4 rings (SSSR count). The molecule has 2 aromatic carbocycles. The standard InChI is InChI=1S/C21H16Cl2N2O2S/c1-11-18(13-7-8-14(22)15(23)9-13)19-20(26)24-17(25-21(19)28-11)10-12-5-3-4-6-16(12)27-2/h3-9H,10H2,1-2H3,(H,24,25,26). The Balaban J connectivity index is 1.83. The molecule has 0 fully saturated rings. The first-order valence-electron chi connectivity index (χ1n) is 8.57. The number of H-pyrrole nitrogens is 1. The molecule has 142 valence electrons. The molecule has 0 radical (unpaired) electrons. The van der Waals surface area contributed by atoms with Crippen molar-refractivity contribution in [2.45, 2.75) is 13.3 Å². The van der Waals surface area contributed by atoms with Gasteiger partial charge in [0.2, 0.25) is 0 Å². The number of hydrogen-bond donors (Lipinski definition) is 1. The lowest BCUT2D eigenvalue weighted by molar-refractivity contribution is 0.410. The van der Waals surface area contributed by atoms with Crippen LogP contribution in [0.15, 0.2) is 47.3 Å². The summed E-state index contributed by atoms with van der Waals surface area (Å²) in [7, 11) is 1.63. The maximum atomic E-state index is 12.9. The minimum atomic E-state index is -0.166. The number of aromatic amines is 1. The first-order valence-corrected chi connectivity index (χ1v) is 10.1. The molecule has 0 bridgehead atoms. The highest BCUT2D eigenvalue weighted by atomic mass is 35.5. The minimum absolute atomic E-state index is 0.166. The Bertz CT molecular complexity index is 1250. The van der Waals surface area contributed by atoms with Gasteiger partial charge in [-0.1, -0.05) is 47.5 Å². The molecule has 4 nitrogen and oxygen atoms in total. The van der Waals surface area contributed by atoms with Gasteiger partial charge in [-0.05, 0) is 30.7 Å². The van der Waals surface area contributed by atoms with E-state index in [9.17, 15) is 4.79 Å². The highest BCUT2D eigenvalue weighted by molar-refractivity contribution is 7.19. The number of nitrogens with one attached hydrogen (secondary N) is 1. The molecule has 2 aromatic heterocycles. The number of thiophene rings is 1. The second-order valence-corrected chi connectivity index (χ2v) is 8.36. The monoisotopic (exact) mass is 430 g/mol. The zero-order valence-electron chi connectivity index (χ0n) is 15.2. The van der Waals surface area contributed by atoms with E-state index in [2.05, 4.69) is 4.98 Å². The van der Waals surface area contributed by atoms with Gasteiger partial charge in [-0.3, -0.25) is 4.79 Å². The van der Waals surface area contributed by atoms with Crippen molar-refractivity contribution in [3.05, 3.63) is 79.1 Å². The predicted molar refractivity (Wildman–Crippen MR) is 116 cm³/mol. The van der Waals surface area contributed by atoms with Crippen molar-refractivity contribution in [1.82, 2.24) is 9.97 Å². The largest absolute Gasteiger partial charge is 0.496 e. The van der Waals surface area contributed by atoms with Crippen LogP contribution in [0, 0.1) is 6.92 Å². The molecule has 0 saturated heterocycles. The van der Waals surface area contributed by atoms with Crippen molar-refractivity contribution in [3.63, 3.8) is 0 Å². The normalized spacial score (nSPS) is 11.1. The number of methoxy groups -OCH3 is 1. The minimum Gasteiger partial charge on any atom is -0.496 e. The van der Waals surface area contributed by atoms with Crippen LogP contribution >= 0.6 is 34.5 Å². The van der Waals surface area contributed by atoms with Crippen molar-refractivity contribution in [1.29, 1.82) is 0 Å². The lowest BCUT2D eigenvalue weighted by atomic mass is 10.0. The lowest BCUT2D eigenvalue weighted by Crippen LogP contribution is -2.12. The molecule has 0 atom stereocenters. The van der Waals surface area contributed by atoms with Crippen LogP contribution in [0.1, 0.15) is 16.3 Å². The van der Waals surface area contributed by atoms with Crippen molar-refractivity contribution in [2.24, 2.45) is 0 Å². The number of aromatic nitrogens is 2. The molecule has 7 heteroatoms. The first-order chi connectivity index (χ1) is 13.5. The zero-order valence-corrected chi connectivity index (χ0v) is 17.5. The predicted octanol–water partition coefficient (Wildman–Crippen LogP) is 5.87. The fourth-order valence-electron chi connectivity index (χ4n) is 3.28. The number of rotatable bonds is 4. The van der Waals surface area contributed by atoms with Crippen LogP contribution in [0.5, 0.6) is 5.75 Å². The summed E-state index contributed by atoms with van der Waals surface area (Å²) in [6, 6.07) is 13.1. The van der Waals surface area contributed by atoms with Crippen molar-refractivity contribution in [2.75, 3.05) is 7.11 Å². The van der Waals surface area contributed by atoms with E-state index in [-0.39, 0.29) is 5.56 Å². The van der Waals surface area contributed by atoms with Gasteiger partial charge in [0, 0.05) is 22.4 Å². The number of aryl methyl sites for hydroxylation is 1. The second kappa shape index (κ2) is 7.59. The number of ether oxygens (including phenoxy) is 1. The van der Waals surface area contributed by atoms with Gasteiger partial charge in [-0.2, -0.15) is 0 Å². The van der Waals surface area contributed by atoms with Gasteiger partial charge in [-0.25, -0.2) is 4.98 Å². The summed E-state index contributed by atoms with van der Waals surface area (Å²) in [6.45, 7) is 1.98. The fourth-order valence-corrected chi connectivity index (χ4v) is 4.64. The van der Waals surface area contributed by atoms with Crippen LogP contribution in [0.4, 0.5) is 0 Å². The number of hydrogen-bond acceptors (Lipinski definition) is 4. The molecule has 2 heterocycles. The van der Waals surface area contributed by atoms with E-state index >= 15 is 0 Å². The molecule has 0 spiro atoms. The molecule has 4 aromatic rings. The maximum Gasteiger partial charge on any atom is 0.260 e. The molecule has 1 N–H and O–H groups in total. The van der Waals surface area contributed by atoms with Gasteiger partial charge in [0.05, 0.1) is 22.5 Å². The Morgan fingerprint density at radius 3 is 2.68 bits per heavy atom. The molecule has 0 unspecified atom stereocenters. The van der Waals surface area contributed by atoms with Crippen LogP contribution in [-0.4, -0.2) is 17.1 Å². The second-order valence-electron chi connectivity index (χ2n) is 6.34. The smallest absolute Gasteiger partial charge is 0.260 e. The molecular weight excluding hydrogens is 415 g/mol. The highest BCUT2D eigenvalue weighted by Gasteiger charge is 2.18. The number of nitrogens with zero attached hydrogens (tertiary/aromatic N) is 1. The summed E-state index contributed by atoms with van der Waals surface area (Å²) in [6.07, 6.45) is 0.480. The van der Waals surface area contributed by atoms with Crippen LogP contribution in [0.25, 0.3) is 21.3 Å². The van der Waals surface area contributed by atoms with Crippen LogP contribution in [0.2, 0.25) is 10.0 Å². The Hall–Kier alpha value is -2.34. The fraction of sp³-hybridized carbons (Fsp3) is 0.143. The van der Waals surface area contributed by atoms with Gasteiger partial charge >= 0.3 is 0 Å². The molecule has 0 aliphatic rings. The molecule has 0 aliphatic carbocycles. The van der Waals surface area contributed by atoms with E-state index in [1.165, 1.54) is 11.3 Å². The Labute approximate surface area is 175 Å². The van der Waals surface area contributed by atoms with E-state index in [0.29, 0.717) is 32.5 Å². The number of fused-ring (bicyclic) bond motifs is 1. The van der Waals surface area contributed by atoms with Crippen molar-refractivity contribution >= 4 is 44.8 Å². The number of benzene rings is 2. The quantitative estimate of drug-likeness (QED) is 0.440. The Morgan fingerprint density at radius 2 is 1.93 bits per heavy atom. The van der Waals surface area contributed by atoms with Gasteiger partial charge < -0.3 is 9.72 Å². The summed E-state index contributed by atoms with van der Waals surface area (Å²) in [5.74, 6) is 1.37. The number of para-hydroxylation sites is 1. The lowest BCUT2D eigenvalue weighted by Gasteiger charge is -2.08. The highest BCUT2D eigenvalue weighted by Crippen LogP contribution is 2.38. The summed E-state index contributed by atoms with van der Waals surface area (Å²) >= 11 is 13.7. The summed E-state index contributed by atoms with van der Waals surface area (Å²) in [5.41, 5.74) is 2.49. The molecular formula is C21H16Cl2N2O2S. The number of halogens is 2. The third-order valence-corrected chi connectivity index (χ3v) is 6.28. The van der Waals surface area contributed by atoms with Crippen molar-refractivity contribution < 1.29 is 4.74 Å². The summed E-state index contributed by atoms with van der Waals surface area (Å²) in [5, 5.41) is 1.51. The van der Waals surface area contributed by atoms with Crippen LogP contribution in [-0.2, 0) is 6.42 Å².